The molecule has 5 nitrogen and oxygen atoms in total. The Labute approximate surface area is 193 Å². The Bertz CT molecular complexity index is 1010. The van der Waals surface area contributed by atoms with Crippen LogP contribution in [0.3, 0.4) is 0 Å². The molecule has 1 aliphatic heterocycles. The number of esters is 1. The predicted octanol–water partition coefficient (Wildman–Crippen LogP) is 4.97. The second-order valence-electron chi connectivity index (χ2n) is 8.33. The lowest BCUT2D eigenvalue weighted by Crippen LogP contribution is -2.54. The third-order valence-electron chi connectivity index (χ3n) is 5.86. The number of piperidine rings is 1. The van der Waals surface area contributed by atoms with Gasteiger partial charge in [0.05, 0.1) is 30.3 Å². The van der Waals surface area contributed by atoms with Crippen molar-refractivity contribution in [2.75, 3.05) is 13.7 Å². The summed E-state index contributed by atoms with van der Waals surface area (Å²) < 4.78 is 71.4. The predicted molar refractivity (Wildman–Crippen MR) is 114 cm³/mol. The van der Waals surface area contributed by atoms with Gasteiger partial charge in [-0.1, -0.05) is 24.3 Å². The van der Waals surface area contributed by atoms with E-state index in [0.717, 1.165) is 12.1 Å². The monoisotopic (exact) mass is 484 g/mol. The molecule has 2 aromatic rings. The number of carbonyl (C=O) groups excluding carboxylic acids is 2. The van der Waals surface area contributed by atoms with Crippen LogP contribution in [-0.2, 0) is 22.3 Å². The molecular weight excluding hydrogens is 459 g/mol. The molecule has 2 atom stereocenters. The number of benzene rings is 2. The van der Waals surface area contributed by atoms with Crippen LogP contribution in [0.1, 0.15) is 52.9 Å². The zero-order valence-corrected chi connectivity index (χ0v) is 18.7. The van der Waals surface area contributed by atoms with Gasteiger partial charge in [-0.3, -0.25) is 9.69 Å². The quantitative estimate of drug-likeness (QED) is 0.465. The van der Waals surface area contributed by atoms with Gasteiger partial charge in [0.1, 0.15) is 0 Å². The summed E-state index contributed by atoms with van der Waals surface area (Å²) in [6, 6.07) is 9.10. The lowest BCUT2D eigenvalue weighted by molar-refractivity contribution is -0.138. The van der Waals surface area contributed by atoms with Crippen LogP contribution in [-0.4, -0.2) is 42.4 Å². The van der Waals surface area contributed by atoms with Crippen molar-refractivity contribution < 1.29 is 36.3 Å². The molecule has 1 unspecified atom stereocenters. The molecule has 1 heterocycles. The number of amides is 1. The van der Waals surface area contributed by atoms with Crippen LogP contribution in [0, 0.1) is 0 Å². The molecule has 1 amide bonds. The molecule has 0 aromatic heterocycles. The minimum Gasteiger partial charge on any atom is -0.465 e. The molecule has 1 fully saturated rings. The van der Waals surface area contributed by atoms with Gasteiger partial charge >= 0.3 is 12.1 Å². The normalized spacial score (nSPS) is 19.3. The summed E-state index contributed by atoms with van der Waals surface area (Å²) in [6.45, 7) is 1.68. The van der Waals surface area contributed by atoms with Crippen molar-refractivity contribution in [1.29, 1.82) is 0 Å². The minimum absolute atomic E-state index is 0.0640. The Balaban J connectivity index is 1.71. The molecule has 1 aliphatic rings. The van der Waals surface area contributed by atoms with Crippen LogP contribution >= 0.6 is 0 Å². The number of halogens is 5. The van der Waals surface area contributed by atoms with E-state index in [9.17, 15) is 31.5 Å². The maximum Gasteiger partial charge on any atom is 0.416 e. The van der Waals surface area contributed by atoms with Crippen molar-refractivity contribution in [3.8, 4) is 0 Å². The summed E-state index contributed by atoms with van der Waals surface area (Å²) in [6.07, 6.45) is -5.60. The van der Waals surface area contributed by atoms with E-state index in [-0.39, 0.29) is 13.1 Å². The fourth-order valence-electron chi connectivity index (χ4n) is 3.88. The van der Waals surface area contributed by atoms with Crippen molar-refractivity contribution in [3.05, 3.63) is 70.8 Å². The number of alkyl halides is 5. The first kappa shape index (κ1) is 25.6. The van der Waals surface area contributed by atoms with Crippen LogP contribution in [0.25, 0.3) is 0 Å². The van der Waals surface area contributed by atoms with Gasteiger partial charge in [0.2, 0.25) is 5.91 Å². The van der Waals surface area contributed by atoms with E-state index in [0.29, 0.717) is 16.7 Å². The number of nitrogens with zero attached hydrogens (tertiary/aromatic N) is 1. The Morgan fingerprint density at radius 2 is 1.74 bits per heavy atom. The molecule has 3 rings (SSSR count). The van der Waals surface area contributed by atoms with Gasteiger partial charge in [-0.25, -0.2) is 13.6 Å². The van der Waals surface area contributed by atoms with Gasteiger partial charge in [0.25, 0.3) is 5.92 Å². The molecule has 0 bridgehead atoms. The number of hydrogen-bond acceptors (Lipinski definition) is 4. The highest BCUT2D eigenvalue weighted by Gasteiger charge is 2.43. The van der Waals surface area contributed by atoms with Gasteiger partial charge in [-0.15, -0.1) is 0 Å². The number of rotatable bonds is 6. The largest absolute Gasteiger partial charge is 0.465 e. The first-order chi connectivity index (χ1) is 15.9. The smallest absolute Gasteiger partial charge is 0.416 e. The van der Waals surface area contributed by atoms with Gasteiger partial charge in [-0.05, 0) is 42.3 Å². The van der Waals surface area contributed by atoms with Crippen molar-refractivity contribution in [2.45, 2.75) is 50.5 Å². The summed E-state index contributed by atoms with van der Waals surface area (Å²) in [5.74, 6) is -4.13. The van der Waals surface area contributed by atoms with Gasteiger partial charge in [0, 0.05) is 25.9 Å². The number of methoxy groups -OCH3 is 1. The molecule has 10 heteroatoms. The van der Waals surface area contributed by atoms with E-state index >= 15 is 0 Å². The standard InChI is InChI=1S/C24H25F5N2O3/c1-15(17-5-7-18(8-6-17)22(33)34-2)30-21(32)20-13-23(25,26)11-12-31(20)14-16-3-9-19(10-4-16)24(27,28)29/h3-10,15,20H,11-14H2,1-2H3,(H,30,32)/t15-,20?/m0/s1. The molecule has 0 spiro atoms. The highest BCUT2D eigenvalue weighted by molar-refractivity contribution is 5.89. The van der Waals surface area contributed by atoms with Crippen molar-refractivity contribution in [2.24, 2.45) is 0 Å². The maximum absolute atomic E-state index is 14.1. The molecule has 2 aromatic carbocycles. The first-order valence-electron chi connectivity index (χ1n) is 10.7. The van der Waals surface area contributed by atoms with Crippen LogP contribution in [0.2, 0.25) is 0 Å². The average molecular weight is 484 g/mol. The van der Waals surface area contributed by atoms with Gasteiger partial charge < -0.3 is 10.1 Å². The Kier molecular flexibility index (Phi) is 7.60. The summed E-state index contributed by atoms with van der Waals surface area (Å²) >= 11 is 0. The number of carbonyl (C=O) groups is 2. The fourth-order valence-corrected chi connectivity index (χ4v) is 3.88. The summed E-state index contributed by atoms with van der Waals surface area (Å²) in [5.41, 5.74) is 0.683. The number of ether oxygens (including phenoxy) is 1. The van der Waals surface area contributed by atoms with Crippen molar-refractivity contribution in [1.82, 2.24) is 10.2 Å². The number of likely N-dealkylation sites (tertiary alicyclic amines) is 1. The van der Waals surface area contributed by atoms with Crippen LogP contribution in [0.4, 0.5) is 22.0 Å². The van der Waals surface area contributed by atoms with Crippen molar-refractivity contribution >= 4 is 11.9 Å². The molecule has 0 saturated carbocycles. The van der Waals surface area contributed by atoms with E-state index in [2.05, 4.69) is 10.1 Å². The summed E-state index contributed by atoms with van der Waals surface area (Å²) in [4.78, 5) is 26.1. The van der Waals surface area contributed by atoms with E-state index in [4.69, 9.17) is 0 Å². The molecule has 34 heavy (non-hydrogen) atoms. The van der Waals surface area contributed by atoms with E-state index in [1.807, 2.05) is 0 Å². The fraction of sp³-hybridized carbons (Fsp3) is 0.417. The number of hydrogen-bond donors (Lipinski definition) is 1. The third kappa shape index (κ3) is 6.31. The van der Waals surface area contributed by atoms with Gasteiger partial charge in [-0.2, -0.15) is 13.2 Å². The van der Waals surface area contributed by atoms with Crippen LogP contribution in [0.15, 0.2) is 48.5 Å². The highest BCUT2D eigenvalue weighted by atomic mass is 19.4. The first-order valence-corrected chi connectivity index (χ1v) is 10.7. The summed E-state index contributed by atoms with van der Waals surface area (Å²) in [5, 5.41) is 2.73. The molecule has 1 saturated heterocycles. The molecule has 1 N–H and O–H groups in total. The summed E-state index contributed by atoms with van der Waals surface area (Å²) in [7, 11) is 1.26. The second kappa shape index (κ2) is 10.1. The SMILES string of the molecule is COC(=O)c1ccc([C@H](C)NC(=O)C2CC(F)(F)CCN2Cc2ccc(C(F)(F)F)cc2)cc1. The lowest BCUT2D eigenvalue weighted by Gasteiger charge is -2.39. The number of nitrogens with one attached hydrogen (secondary N) is 1. The topological polar surface area (TPSA) is 58.6 Å². The van der Waals surface area contributed by atoms with Gasteiger partial charge in [0.15, 0.2) is 0 Å². The van der Waals surface area contributed by atoms with Crippen molar-refractivity contribution in [3.63, 3.8) is 0 Å². The third-order valence-corrected chi connectivity index (χ3v) is 5.86. The molecule has 0 radical (unpaired) electrons. The van der Waals surface area contributed by atoms with E-state index in [1.165, 1.54) is 31.4 Å². The zero-order valence-electron chi connectivity index (χ0n) is 18.7. The minimum atomic E-state index is -4.47. The highest BCUT2D eigenvalue weighted by Crippen LogP contribution is 2.34. The maximum atomic E-state index is 14.1. The van der Waals surface area contributed by atoms with E-state index < -0.39 is 54.5 Å². The molecule has 184 valence electrons. The molecule has 0 aliphatic carbocycles. The Morgan fingerprint density at radius 1 is 1.12 bits per heavy atom. The lowest BCUT2D eigenvalue weighted by atomic mass is 9.96. The molecular formula is C24H25F5N2O3. The average Bonchev–Trinajstić information content (AvgIpc) is 2.79. The Morgan fingerprint density at radius 3 is 2.29 bits per heavy atom. The van der Waals surface area contributed by atoms with Crippen LogP contribution in [0.5, 0.6) is 0 Å². The van der Waals surface area contributed by atoms with E-state index in [1.54, 1.807) is 24.0 Å². The second-order valence-corrected chi connectivity index (χ2v) is 8.33. The van der Waals surface area contributed by atoms with Crippen LogP contribution < -0.4 is 5.32 Å². The zero-order chi connectivity index (χ0) is 25.1. The Hall–Kier alpha value is -3.01.